The van der Waals surface area contributed by atoms with Crippen molar-refractivity contribution in [3.63, 3.8) is 0 Å². The van der Waals surface area contributed by atoms with Crippen LogP contribution in [0.25, 0.3) is 0 Å². The van der Waals surface area contributed by atoms with E-state index in [9.17, 15) is 4.57 Å². The number of rotatable bonds is 25. The molecule has 4 nitrogen and oxygen atoms in total. The van der Waals surface area contributed by atoms with Gasteiger partial charge in [-0.1, -0.05) is 128 Å². The predicted molar refractivity (Wildman–Crippen MR) is 133 cm³/mol. The summed E-state index contributed by atoms with van der Waals surface area (Å²) in [5.74, 6) is 1.05. The van der Waals surface area contributed by atoms with E-state index in [4.69, 9.17) is 9.79 Å². The van der Waals surface area contributed by atoms with Gasteiger partial charge in [0.25, 0.3) is 0 Å². The quantitative estimate of drug-likeness (QED) is 0.0715. The van der Waals surface area contributed by atoms with Gasteiger partial charge in [-0.2, -0.15) is 12.6 Å². The van der Waals surface area contributed by atoms with Crippen LogP contribution in [0.2, 0.25) is 0 Å². The van der Waals surface area contributed by atoms with Crippen LogP contribution in [0.15, 0.2) is 0 Å². The maximum atomic E-state index is 10.5. The Labute approximate surface area is 193 Å². The number of phosphoric acid groups is 1. The van der Waals surface area contributed by atoms with Crippen LogP contribution in [-0.2, 0) is 9.09 Å². The van der Waals surface area contributed by atoms with Crippen molar-refractivity contribution in [1.29, 1.82) is 0 Å². The highest BCUT2D eigenvalue weighted by Gasteiger charge is 2.12. The Morgan fingerprint density at radius 3 is 0.933 bits per heavy atom. The van der Waals surface area contributed by atoms with Crippen molar-refractivity contribution in [3.05, 3.63) is 0 Å². The molecule has 0 aliphatic carbocycles. The highest BCUT2D eigenvalue weighted by atomic mass is 32.1. The van der Waals surface area contributed by atoms with Crippen LogP contribution in [0, 0.1) is 0 Å². The van der Waals surface area contributed by atoms with Crippen molar-refractivity contribution in [1.82, 2.24) is 0 Å². The van der Waals surface area contributed by atoms with E-state index in [-0.39, 0.29) is 6.61 Å². The number of unbranched alkanes of at least 4 members (excludes halogenated alkanes) is 21. The molecular weight excluding hydrogens is 415 g/mol. The van der Waals surface area contributed by atoms with Gasteiger partial charge in [0.15, 0.2) is 0 Å². The van der Waals surface area contributed by atoms with Gasteiger partial charge in [0.2, 0.25) is 0 Å². The van der Waals surface area contributed by atoms with Crippen molar-refractivity contribution < 1.29 is 18.9 Å². The molecule has 182 valence electrons. The Balaban J connectivity index is 3.03. The van der Waals surface area contributed by atoms with Gasteiger partial charge in [0.1, 0.15) is 0 Å². The molecule has 0 spiro atoms. The second-order valence-electron chi connectivity index (χ2n) is 8.83. The summed E-state index contributed by atoms with van der Waals surface area (Å²) in [4.78, 5) is 17.2. The molecule has 0 aromatic rings. The molecule has 0 aromatic heterocycles. The molecule has 0 saturated carbocycles. The molecule has 0 heterocycles. The van der Waals surface area contributed by atoms with Crippen LogP contribution in [0.3, 0.4) is 0 Å². The topological polar surface area (TPSA) is 66.8 Å². The lowest BCUT2D eigenvalue weighted by Gasteiger charge is -2.05. The second-order valence-corrected chi connectivity index (χ2v) is 10.5. The lowest BCUT2D eigenvalue weighted by Crippen LogP contribution is -1.92. The Morgan fingerprint density at radius 2 is 0.700 bits per heavy atom. The van der Waals surface area contributed by atoms with Gasteiger partial charge in [0.05, 0.1) is 6.61 Å². The van der Waals surface area contributed by atoms with Gasteiger partial charge >= 0.3 is 7.82 Å². The first-order valence-corrected chi connectivity index (χ1v) is 15.0. The zero-order valence-electron chi connectivity index (χ0n) is 19.6. The number of hydrogen-bond donors (Lipinski definition) is 3. The molecule has 0 atom stereocenters. The van der Waals surface area contributed by atoms with E-state index in [2.05, 4.69) is 17.2 Å². The molecule has 0 bridgehead atoms. The van der Waals surface area contributed by atoms with E-state index in [1.54, 1.807) is 0 Å². The smallest absolute Gasteiger partial charge is 0.303 e. The van der Waals surface area contributed by atoms with Crippen LogP contribution < -0.4 is 0 Å². The standard InChI is InChI=1S/C24H51O4PS/c25-29(26,27)28-23-21-19-17-15-13-11-9-7-5-3-1-2-4-6-8-10-12-14-16-18-20-22-24-30/h30H,1-24H2,(H2,25,26,27). The largest absolute Gasteiger partial charge is 0.469 e. The zero-order chi connectivity index (χ0) is 22.2. The fourth-order valence-corrected chi connectivity index (χ4v) is 4.52. The van der Waals surface area contributed by atoms with Gasteiger partial charge in [0, 0.05) is 0 Å². The third-order valence-electron chi connectivity index (χ3n) is 5.81. The van der Waals surface area contributed by atoms with Gasteiger partial charge in [-0.3, -0.25) is 4.52 Å². The average molecular weight is 467 g/mol. The fraction of sp³-hybridized carbons (Fsp3) is 1.00. The molecule has 2 N–H and O–H groups in total. The van der Waals surface area contributed by atoms with Crippen LogP contribution >= 0.6 is 20.5 Å². The van der Waals surface area contributed by atoms with Crippen LogP contribution in [0.5, 0.6) is 0 Å². The summed E-state index contributed by atoms with van der Waals surface area (Å²) in [7, 11) is -4.27. The zero-order valence-corrected chi connectivity index (χ0v) is 21.4. The molecule has 0 rings (SSSR count). The molecule has 0 aromatic carbocycles. The van der Waals surface area contributed by atoms with Gasteiger partial charge in [-0.05, 0) is 18.6 Å². The Morgan fingerprint density at radius 1 is 0.467 bits per heavy atom. The van der Waals surface area contributed by atoms with Crippen molar-refractivity contribution in [3.8, 4) is 0 Å². The highest BCUT2D eigenvalue weighted by Crippen LogP contribution is 2.35. The SMILES string of the molecule is O=P(O)(O)OCCCCCCCCCCCCCCCCCCCCCCCCS. The van der Waals surface area contributed by atoms with Gasteiger partial charge in [-0.25, -0.2) is 4.57 Å². The van der Waals surface area contributed by atoms with E-state index >= 15 is 0 Å². The van der Waals surface area contributed by atoms with Crippen LogP contribution in [-0.4, -0.2) is 22.1 Å². The maximum absolute atomic E-state index is 10.5. The Bertz CT molecular complexity index is 376. The highest BCUT2D eigenvalue weighted by molar-refractivity contribution is 7.80. The first-order chi connectivity index (χ1) is 14.6. The van der Waals surface area contributed by atoms with E-state index in [1.807, 2.05) is 0 Å². The summed E-state index contributed by atoms with van der Waals surface area (Å²) in [5.41, 5.74) is 0. The summed E-state index contributed by atoms with van der Waals surface area (Å²) < 4.78 is 15.0. The molecule has 0 radical (unpaired) electrons. The van der Waals surface area contributed by atoms with E-state index in [1.165, 1.54) is 122 Å². The lowest BCUT2D eigenvalue weighted by atomic mass is 10.0. The summed E-state index contributed by atoms with van der Waals surface area (Å²) in [5, 5.41) is 0. The summed E-state index contributed by atoms with van der Waals surface area (Å²) in [6.07, 6.45) is 29.2. The monoisotopic (exact) mass is 466 g/mol. The van der Waals surface area contributed by atoms with Crippen molar-refractivity contribution in [2.45, 2.75) is 141 Å². The summed E-state index contributed by atoms with van der Waals surface area (Å²) >= 11 is 4.26. The molecule has 0 unspecified atom stereocenters. The molecule has 0 saturated heterocycles. The first kappa shape index (κ1) is 30.5. The van der Waals surface area contributed by atoms with E-state index in [0.29, 0.717) is 0 Å². The van der Waals surface area contributed by atoms with Crippen LogP contribution in [0.4, 0.5) is 0 Å². The molecule has 30 heavy (non-hydrogen) atoms. The maximum Gasteiger partial charge on any atom is 0.469 e. The third kappa shape index (κ3) is 28.5. The molecule has 0 aliphatic heterocycles. The van der Waals surface area contributed by atoms with E-state index < -0.39 is 7.82 Å². The second kappa shape index (κ2) is 24.1. The number of phosphoric ester groups is 1. The summed E-state index contributed by atoms with van der Waals surface area (Å²) in [6, 6.07) is 0. The molecule has 0 amide bonds. The fourth-order valence-electron chi connectivity index (χ4n) is 3.93. The van der Waals surface area contributed by atoms with Crippen molar-refractivity contribution in [2.75, 3.05) is 12.4 Å². The van der Waals surface area contributed by atoms with Crippen LogP contribution in [0.1, 0.15) is 141 Å². The molecule has 0 fully saturated rings. The lowest BCUT2D eigenvalue weighted by molar-refractivity contribution is 0.193. The average Bonchev–Trinajstić information content (AvgIpc) is 2.70. The predicted octanol–water partition coefficient (Wildman–Crippen LogP) is 8.61. The van der Waals surface area contributed by atoms with Crippen molar-refractivity contribution >= 4 is 20.5 Å². The third-order valence-corrected chi connectivity index (χ3v) is 6.65. The Hall–Kier alpha value is 0.460. The minimum Gasteiger partial charge on any atom is -0.303 e. The minimum atomic E-state index is -4.27. The van der Waals surface area contributed by atoms with Crippen molar-refractivity contribution in [2.24, 2.45) is 0 Å². The Kier molecular flexibility index (Phi) is 24.5. The van der Waals surface area contributed by atoms with Gasteiger partial charge < -0.3 is 9.79 Å². The normalized spacial score (nSPS) is 12.0. The molecule has 0 aliphatic rings. The number of hydrogen-bond acceptors (Lipinski definition) is 3. The van der Waals surface area contributed by atoms with Gasteiger partial charge in [-0.15, -0.1) is 0 Å². The minimum absolute atomic E-state index is 0.168. The van der Waals surface area contributed by atoms with E-state index in [0.717, 1.165) is 25.0 Å². The summed E-state index contributed by atoms with van der Waals surface area (Å²) in [6.45, 7) is 0.168. The number of thiol groups is 1. The molecular formula is C24H51O4PS. The molecule has 6 heteroatoms. The first-order valence-electron chi connectivity index (χ1n) is 12.9.